The molecule has 0 saturated heterocycles. The highest BCUT2D eigenvalue weighted by Crippen LogP contribution is 2.24. The maximum atomic E-state index is 5.68. The smallest absolute Gasteiger partial charge is 0.00141 e. The minimum atomic E-state index is 0.628. The maximum Gasteiger partial charge on any atom is -0.00141 e. The van der Waals surface area contributed by atoms with Gasteiger partial charge in [0.2, 0.25) is 0 Å². The SMILES string of the molecule is CC1/C=C\C(CN)CC(C)CC1. The van der Waals surface area contributed by atoms with Gasteiger partial charge in [0.05, 0.1) is 0 Å². The van der Waals surface area contributed by atoms with Crippen LogP contribution in [0, 0.1) is 17.8 Å². The number of rotatable bonds is 1. The van der Waals surface area contributed by atoms with Crippen LogP contribution in [0.15, 0.2) is 12.2 Å². The monoisotopic (exact) mass is 167 g/mol. The summed E-state index contributed by atoms with van der Waals surface area (Å²) >= 11 is 0. The van der Waals surface area contributed by atoms with Crippen molar-refractivity contribution in [1.29, 1.82) is 0 Å². The fourth-order valence-electron chi connectivity index (χ4n) is 1.88. The topological polar surface area (TPSA) is 26.0 Å². The highest BCUT2D eigenvalue weighted by atomic mass is 14.5. The van der Waals surface area contributed by atoms with Gasteiger partial charge in [-0.25, -0.2) is 0 Å². The van der Waals surface area contributed by atoms with Crippen molar-refractivity contribution in [2.24, 2.45) is 23.5 Å². The summed E-state index contributed by atoms with van der Waals surface area (Å²) in [6.07, 6.45) is 8.64. The summed E-state index contributed by atoms with van der Waals surface area (Å²) in [5.74, 6) is 2.23. The van der Waals surface area contributed by atoms with Crippen LogP contribution in [0.3, 0.4) is 0 Å². The van der Waals surface area contributed by atoms with Crippen LogP contribution in [0.25, 0.3) is 0 Å². The Labute approximate surface area is 76.0 Å². The Balaban J connectivity index is 2.53. The van der Waals surface area contributed by atoms with Gasteiger partial charge < -0.3 is 5.73 Å². The van der Waals surface area contributed by atoms with Crippen molar-refractivity contribution in [3.05, 3.63) is 12.2 Å². The van der Waals surface area contributed by atoms with E-state index in [2.05, 4.69) is 26.0 Å². The van der Waals surface area contributed by atoms with E-state index in [1.165, 1.54) is 19.3 Å². The first kappa shape index (κ1) is 9.79. The molecule has 0 aromatic carbocycles. The lowest BCUT2D eigenvalue weighted by Gasteiger charge is -2.21. The molecule has 2 N–H and O–H groups in total. The van der Waals surface area contributed by atoms with Crippen molar-refractivity contribution < 1.29 is 0 Å². The van der Waals surface area contributed by atoms with E-state index in [-0.39, 0.29) is 0 Å². The molecular formula is C11H21N. The van der Waals surface area contributed by atoms with E-state index >= 15 is 0 Å². The summed E-state index contributed by atoms with van der Waals surface area (Å²) in [6.45, 7) is 5.45. The standard InChI is InChI=1S/C11H21N/c1-9-3-4-10(2)7-11(8-12)6-5-9/h5-6,9-11H,3-4,7-8,12H2,1-2H3/b6-5-. The molecule has 0 radical (unpaired) electrons. The molecule has 1 heteroatoms. The maximum absolute atomic E-state index is 5.68. The molecule has 0 heterocycles. The molecule has 3 atom stereocenters. The lowest BCUT2D eigenvalue weighted by Crippen LogP contribution is -2.17. The van der Waals surface area contributed by atoms with Gasteiger partial charge in [-0.1, -0.05) is 32.4 Å². The molecule has 0 aromatic heterocycles. The molecule has 0 spiro atoms. The van der Waals surface area contributed by atoms with Gasteiger partial charge in [0.15, 0.2) is 0 Å². The lowest BCUT2D eigenvalue weighted by atomic mass is 9.86. The van der Waals surface area contributed by atoms with Crippen molar-refractivity contribution in [3.63, 3.8) is 0 Å². The third-order valence-corrected chi connectivity index (χ3v) is 2.83. The molecule has 0 amide bonds. The van der Waals surface area contributed by atoms with E-state index < -0.39 is 0 Å². The first-order chi connectivity index (χ1) is 5.72. The van der Waals surface area contributed by atoms with Gasteiger partial charge in [0.1, 0.15) is 0 Å². The van der Waals surface area contributed by atoms with Crippen molar-refractivity contribution in [1.82, 2.24) is 0 Å². The summed E-state index contributed by atoms with van der Waals surface area (Å²) in [5, 5.41) is 0. The molecule has 70 valence electrons. The summed E-state index contributed by atoms with van der Waals surface area (Å²) in [7, 11) is 0. The van der Waals surface area contributed by atoms with Gasteiger partial charge in [-0.2, -0.15) is 0 Å². The van der Waals surface area contributed by atoms with Crippen molar-refractivity contribution >= 4 is 0 Å². The van der Waals surface area contributed by atoms with Crippen LogP contribution >= 0.6 is 0 Å². The predicted octanol–water partition coefficient (Wildman–Crippen LogP) is 2.57. The molecule has 3 unspecified atom stereocenters. The average Bonchev–Trinajstić information content (AvgIpc) is 2.06. The fraction of sp³-hybridized carbons (Fsp3) is 0.818. The molecule has 12 heavy (non-hydrogen) atoms. The van der Waals surface area contributed by atoms with Crippen LogP contribution in [0.5, 0.6) is 0 Å². The third-order valence-electron chi connectivity index (χ3n) is 2.83. The molecule has 1 aliphatic carbocycles. The highest BCUT2D eigenvalue weighted by Gasteiger charge is 2.13. The number of hydrogen-bond donors (Lipinski definition) is 1. The number of nitrogens with two attached hydrogens (primary N) is 1. The lowest BCUT2D eigenvalue weighted by molar-refractivity contribution is 0.384. The van der Waals surface area contributed by atoms with Gasteiger partial charge in [-0.05, 0) is 37.1 Å². The summed E-state index contributed by atoms with van der Waals surface area (Å²) in [6, 6.07) is 0. The molecule has 0 aliphatic heterocycles. The van der Waals surface area contributed by atoms with Crippen molar-refractivity contribution in [2.75, 3.05) is 6.54 Å². The highest BCUT2D eigenvalue weighted by molar-refractivity contribution is 4.94. The summed E-state index contributed by atoms with van der Waals surface area (Å²) in [5.41, 5.74) is 5.68. The van der Waals surface area contributed by atoms with E-state index in [0.717, 1.165) is 18.4 Å². The Morgan fingerprint density at radius 1 is 1.25 bits per heavy atom. The Kier molecular flexibility index (Phi) is 3.80. The van der Waals surface area contributed by atoms with Crippen LogP contribution in [0.4, 0.5) is 0 Å². The van der Waals surface area contributed by atoms with Crippen LogP contribution in [-0.2, 0) is 0 Å². The molecule has 1 nitrogen and oxygen atoms in total. The molecular weight excluding hydrogens is 146 g/mol. The van der Waals surface area contributed by atoms with Crippen LogP contribution < -0.4 is 5.73 Å². The van der Waals surface area contributed by atoms with Crippen LogP contribution in [0.1, 0.15) is 33.1 Å². The van der Waals surface area contributed by atoms with E-state index in [1.54, 1.807) is 0 Å². The predicted molar refractivity (Wildman–Crippen MR) is 53.9 cm³/mol. The minimum absolute atomic E-state index is 0.628. The normalized spacial score (nSPS) is 40.1. The summed E-state index contributed by atoms with van der Waals surface area (Å²) in [4.78, 5) is 0. The molecule has 1 aliphatic rings. The second-order valence-electron chi connectivity index (χ2n) is 4.28. The van der Waals surface area contributed by atoms with Gasteiger partial charge >= 0.3 is 0 Å². The van der Waals surface area contributed by atoms with Crippen LogP contribution in [-0.4, -0.2) is 6.54 Å². The Morgan fingerprint density at radius 3 is 2.67 bits per heavy atom. The molecule has 1 rings (SSSR count). The van der Waals surface area contributed by atoms with E-state index in [0.29, 0.717) is 5.92 Å². The zero-order chi connectivity index (χ0) is 8.97. The Hall–Kier alpha value is -0.300. The first-order valence-electron chi connectivity index (χ1n) is 5.10. The Bertz CT molecular complexity index is 151. The quantitative estimate of drug-likeness (QED) is 0.597. The average molecular weight is 167 g/mol. The van der Waals surface area contributed by atoms with Crippen LogP contribution in [0.2, 0.25) is 0 Å². The van der Waals surface area contributed by atoms with Crippen molar-refractivity contribution in [2.45, 2.75) is 33.1 Å². The summed E-state index contributed by atoms with van der Waals surface area (Å²) < 4.78 is 0. The number of allylic oxidation sites excluding steroid dienone is 1. The molecule has 0 aromatic rings. The molecule has 0 bridgehead atoms. The third kappa shape index (κ3) is 2.98. The minimum Gasteiger partial charge on any atom is -0.330 e. The largest absolute Gasteiger partial charge is 0.330 e. The van der Waals surface area contributed by atoms with Gasteiger partial charge in [-0.3, -0.25) is 0 Å². The zero-order valence-corrected chi connectivity index (χ0v) is 8.29. The van der Waals surface area contributed by atoms with E-state index in [4.69, 9.17) is 5.73 Å². The van der Waals surface area contributed by atoms with Gasteiger partial charge in [0, 0.05) is 0 Å². The fourth-order valence-corrected chi connectivity index (χ4v) is 1.88. The molecule has 0 saturated carbocycles. The first-order valence-corrected chi connectivity index (χ1v) is 5.10. The van der Waals surface area contributed by atoms with Gasteiger partial charge in [-0.15, -0.1) is 0 Å². The van der Waals surface area contributed by atoms with E-state index in [9.17, 15) is 0 Å². The van der Waals surface area contributed by atoms with Gasteiger partial charge in [0.25, 0.3) is 0 Å². The van der Waals surface area contributed by atoms with Crippen molar-refractivity contribution in [3.8, 4) is 0 Å². The van der Waals surface area contributed by atoms with E-state index in [1.807, 2.05) is 0 Å². The second-order valence-corrected chi connectivity index (χ2v) is 4.28. The number of hydrogen-bond acceptors (Lipinski definition) is 1. The second kappa shape index (κ2) is 4.66. The zero-order valence-electron chi connectivity index (χ0n) is 8.29. The molecule has 0 fully saturated rings. The Morgan fingerprint density at radius 2 is 2.00 bits per heavy atom.